The van der Waals surface area contributed by atoms with Crippen molar-refractivity contribution in [3.8, 4) is 11.5 Å². The fraction of sp³-hybridized carbons (Fsp3) is 0.391. The Labute approximate surface area is 187 Å². The number of sulfone groups is 1. The van der Waals surface area contributed by atoms with Gasteiger partial charge in [0, 0.05) is 18.2 Å². The monoisotopic (exact) mass is 457 g/mol. The molecule has 0 spiro atoms. The molecule has 1 N–H and O–H groups in total. The SMILES string of the molecule is CC1(C)Cc2cccc(OCCNC(=O)Cn3c(CS(C)(=O)=O)nc4ccccc43)c2O1. The number of hydrogen-bond acceptors (Lipinski definition) is 6. The van der Waals surface area contributed by atoms with Crippen LogP contribution in [0.15, 0.2) is 42.5 Å². The van der Waals surface area contributed by atoms with Crippen molar-refractivity contribution < 1.29 is 22.7 Å². The van der Waals surface area contributed by atoms with Gasteiger partial charge in [-0.1, -0.05) is 24.3 Å². The second kappa shape index (κ2) is 8.46. The fourth-order valence-corrected chi connectivity index (χ4v) is 4.59. The lowest BCUT2D eigenvalue weighted by atomic mass is 10.0. The Morgan fingerprint density at radius 3 is 2.78 bits per heavy atom. The zero-order valence-corrected chi connectivity index (χ0v) is 19.2. The van der Waals surface area contributed by atoms with Crippen LogP contribution < -0.4 is 14.8 Å². The number of amides is 1. The molecule has 0 fully saturated rings. The highest BCUT2D eigenvalue weighted by Gasteiger charge is 2.32. The number of ether oxygens (including phenoxy) is 2. The Bertz CT molecular complexity index is 1260. The van der Waals surface area contributed by atoms with Crippen molar-refractivity contribution in [2.45, 2.75) is 38.2 Å². The molecule has 0 radical (unpaired) electrons. The van der Waals surface area contributed by atoms with Gasteiger partial charge >= 0.3 is 0 Å². The van der Waals surface area contributed by atoms with Gasteiger partial charge in [-0.15, -0.1) is 0 Å². The summed E-state index contributed by atoms with van der Waals surface area (Å²) >= 11 is 0. The van der Waals surface area contributed by atoms with Crippen molar-refractivity contribution in [3.63, 3.8) is 0 Å². The molecule has 32 heavy (non-hydrogen) atoms. The van der Waals surface area contributed by atoms with Crippen molar-refractivity contribution in [2.24, 2.45) is 0 Å². The molecule has 4 rings (SSSR count). The molecule has 0 aliphatic carbocycles. The summed E-state index contributed by atoms with van der Waals surface area (Å²) in [5, 5.41) is 2.83. The summed E-state index contributed by atoms with van der Waals surface area (Å²) in [5.41, 5.74) is 2.23. The molecule has 0 atom stereocenters. The Hall–Kier alpha value is -3.07. The molecule has 2 aromatic carbocycles. The maximum Gasteiger partial charge on any atom is 0.240 e. The van der Waals surface area contributed by atoms with E-state index in [1.54, 1.807) is 10.6 Å². The van der Waals surface area contributed by atoms with Crippen LogP contribution in [0, 0.1) is 0 Å². The second-order valence-electron chi connectivity index (χ2n) is 8.65. The van der Waals surface area contributed by atoms with E-state index in [1.807, 2.05) is 50.2 Å². The maximum atomic E-state index is 12.6. The Morgan fingerprint density at radius 1 is 1.22 bits per heavy atom. The van der Waals surface area contributed by atoms with E-state index in [2.05, 4.69) is 10.3 Å². The fourth-order valence-electron chi connectivity index (χ4n) is 3.90. The quantitative estimate of drug-likeness (QED) is 0.522. The highest BCUT2D eigenvalue weighted by molar-refractivity contribution is 7.89. The first-order chi connectivity index (χ1) is 15.1. The minimum atomic E-state index is -3.29. The van der Waals surface area contributed by atoms with Crippen LogP contribution in [0.3, 0.4) is 0 Å². The molecule has 0 bridgehead atoms. The number of benzene rings is 2. The molecule has 9 heteroatoms. The molecule has 0 unspecified atom stereocenters. The third kappa shape index (κ3) is 5.04. The Morgan fingerprint density at radius 2 is 2.00 bits per heavy atom. The highest BCUT2D eigenvalue weighted by Crippen LogP contribution is 2.41. The van der Waals surface area contributed by atoms with Crippen LogP contribution in [0.5, 0.6) is 11.5 Å². The molecule has 1 amide bonds. The summed E-state index contributed by atoms with van der Waals surface area (Å²) in [7, 11) is -3.29. The number of hydrogen-bond donors (Lipinski definition) is 1. The van der Waals surface area contributed by atoms with E-state index in [1.165, 1.54) is 0 Å². The third-order valence-electron chi connectivity index (χ3n) is 5.16. The van der Waals surface area contributed by atoms with Gasteiger partial charge in [0.05, 0.1) is 17.6 Å². The van der Waals surface area contributed by atoms with Gasteiger partial charge in [-0.05, 0) is 32.0 Å². The van der Waals surface area contributed by atoms with Crippen molar-refractivity contribution >= 4 is 26.8 Å². The molecule has 1 aliphatic rings. The zero-order chi connectivity index (χ0) is 22.9. The first-order valence-electron chi connectivity index (χ1n) is 10.4. The number of carbonyl (C=O) groups excluding carboxylic acids is 1. The van der Waals surface area contributed by atoms with Gasteiger partial charge in [-0.3, -0.25) is 4.79 Å². The van der Waals surface area contributed by atoms with E-state index >= 15 is 0 Å². The van der Waals surface area contributed by atoms with Crippen LogP contribution in [-0.2, 0) is 33.4 Å². The maximum absolute atomic E-state index is 12.6. The molecule has 1 aromatic heterocycles. The van der Waals surface area contributed by atoms with E-state index in [-0.39, 0.29) is 30.4 Å². The first kappa shape index (κ1) is 22.1. The van der Waals surface area contributed by atoms with Crippen molar-refractivity contribution in [1.82, 2.24) is 14.9 Å². The average Bonchev–Trinajstić information content (AvgIpc) is 3.20. The number of rotatable bonds is 8. The van der Waals surface area contributed by atoms with Gasteiger partial charge in [-0.2, -0.15) is 0 Å². The molecule has 1 aliphatic heterocycles. The lowest BCUT2D eigenvalue weighted by Crippen LogP contribution is -2.31. The van der Waals surface area contributed by atoms with Crippen LogP contribution in [0.4, 0.5) is 0 Å². The van der Waals surface area contributed by atoms with Crippen molar-refractivity contribution in [3.05, 3.63) is 53.9 Å². The predicted octanol–water partition coefficient (Wildman–Crippen LogP) is 2.49. The van der Waals surface area contributed by atoms with Crippen molar-refractivity contribution in [2.75, 3.05) is 19.4 Å². The number of nitrogens with zero attached hydrogens (tertiary/aromatic N) is 2. The summed E-state index contributed by atoms with van der Waals surface area (Å²) in [5.74, 6) is 1.30. The van der Waals surface area contributed by atoms with Crippen LogP contribution in [-0.4, -0.2) is 48.9 Å². The average molecular weight is 458 g/mol. The first-order valence-corrected chi connectivity index (χ1v) is 12.5. The number of aromatic nitrogens is 2. The van der Waals surface area contributed by atoms with E-state index in [4.69, 9.17) is 9.47 Å². The van der Waals surface area contributed by atoms with Crippen LogP contribution in [0.1, 0.15) is 25.2 Å². The normalized spacial score (nSPS) is 14.7. The number of nitrogens with one attached hydrogen (secondary N) is 1. The van der Waals surface area contributed by atoms with Crippen molar-refractivity contribution in [1.29, 1.82) is 0 Å². The predicted molar refractivity (Wildman–Crippen MR) is 122 cm³/mol. The standard InChI is InChI=1S/C23H27N3O5S/c1-23(2)13-16-7-6-10-19(22(16)31-23)30-12-11-24-21(27)14-26-18-9-5-4-8-17(18)25-20(26)15-32(3,28)29/h4-10H,11-15H2,1-3H3,(H,24,27). The lowest BCUT2D eigenvalue weighted by molar-refractivity contribution is -0.121. The van der Waals surface area contributed by atoms with Gasteiger partial charge in [0.1, 0.15) is 30.3 Å². The zero-order valence-electron chi connectivity index (χ0n) is 18.4. The van der Waals surface area contributed by atoms with Gasteiger partial charge < -0.3 is 19.4 Å². The molecular formula is C23H27N3O5S. The van der Waals surface area contributed by atoms with Crippen LogP contribution in [0.25, 0.3) is 11.0 Å². The summed E-state index contributed by atoms with van der Waals surface area (Å²) in [4.78, 5) is 17.0. The molecule has 0 saturated carbocycles. The highest BCUT2D eigenvalue weighted by atomic mass is 32.2. The van der Waals surface area contributed by atoms with E-state index < -0.39 is 9.84 Å². The van der Waals surface area contributed by atoms with E-state index in [0.717, 1.165) is 29.5 Å². The van der Waals surface area contributed by atoms with Gasteiger partial charge in [0.25, 0.3) is 0 Å². The number of fused-ring (bicyclic) bond motifs is 2. The molecule has 2 heterocycles. The summed E-state index contributed by atoms with van der Waals surface area (Å²) in [6, 6.07) is 13.1. The minimum Gasteiger partial charge on any atom is -0.488 e. The van der Waals surface area contributed by atoms with E-state index in [9.17, 15) is 13.2 Å². The topological polar surface area (TPSA) is 99.5 Å². The molecule has 8 nitrogen and oxygen atoms in total. The van der Waals surface area contributed by atoms with Gasteiger partial charge in [0.15, 0.2) is 21.3 Å². The molecule has 170 valence electrons. The summed E-state index contributed by atoms with van der Waals surface area (Å²) < 4.78 is 37.1. The van der Waals surface area contributed by atoms with Crippen LogP contribution in [0.2, 0.25) is 0 Å². The molecule has 0 saturated heterocycles. The smallest absolute Gasteiger partial charge is 0.240 e. The molecule has 3 aromatic rings. The largest absolute Gasteiger partial charge is 0.488 e. The summed E-state index contributed by atoms with van der Waals surface area (Å²) in [6.45, 7) is 4.64. The van der Waals surface area contributed by atoms with Gasteiger partial charge in [0.2, 0.25) is 5.91 Å². The minimum absolute atomic E-state index is 0.0244. The Balaban J connectivity index is 1.37. The number of carbonyl (C=O) groups is 1. The number of imidazole rings is 1. The second-order valence-corrected chi connectivity index (χ2v) is 10.8. The lowest BCUT2D eigenvalue weighted by Gasteiger charge is -2.18. The van der Waals surface area contributed by atoms with Gasteiger partial charge in [-0.25, -0.2) is 13.4 Å². The van der Waals surface area contributed by atoms with Crippen LogP contribution >= 0.6 is 0 Å². The molecular weight excluding hydrogens is 430 g/mol. The summed E-state index contributed by atoms with van der Waals surface area (Å²) in [6.07, 6.45) is 1.98. The number of para-hydroxylation sites is 3. The Kier molecular flexibility index (Phi) is 5.85. The van der Waals surface area contributed by atoms with E-state index in [0.29, 0.717) is 23.6 Å². The third-order valence-corrected chi connectivity index (χ3v) is 5.95.